The quantitative estimate of drug-likeness (QED) is 0.775. The van der Waals surface area contributed by atoms with Crippen LogP contribution in [0, 0.1) is 6.92 Å². The van der Waals surface area contributed by atoms with Crippen LogP contribution >= 0.6 is 0 Å². The van der Waals surface area contributed by atoms with Gasteiger partial charge in [0.05, 0.1) is 0 Å². The van der Waals surface area contributed by atoms with E-state index in [2.05, 4.69) is 37.1 Å². The maximum Gasteiger partial charge on any atom is 0.0417 e. The molecule has 0 aliphatic rings. The van der Waals surface area contributed by atoms with E-state index in [9.17, 15) is 0 Å². The maximum atomic E-state index is 4.26. The van der Waals surface area contributed by atoms with Gasteiger partial charge in [-0.05, 0) is 31.9 Å². The Balaban J connectivity index is 2.41. The Kier molecular flexibility index (Phi) is 4.60. The largest absolute Gasteiger partial charge is 0.310 e. The van der Waals surface area contributed by atoms with Gasteiger partial charge in [0.1, 0.15) is 0 Å². The lowest BCUT2D eigenvalue weighted by atomic mass is 10.1. The minimum Gasteiger partial charge on any atom is -0.310 e. The molecule has 0 aliphatic carbocycles. The second-order valence-corrected chi connectivity index (χ2v) is 3.82. The number of pyridine rings is 1. The molecule has 1 rings (SSSR count). The van der Waals surface area contributed by atoms with Gasteiger partial charge in [0.2, 0.25) is 0 Å². The third-order valence-corrected chi connectivity index (χ3v) is 2.48. The Morgan fingerprint density at radius 1 is 1.50 bits per heavy atom. The first kappa shape index (κ1) is 11.2. The van der Waals surface area contributed by atoms with E-state index >= 15 is 0 Å². The van der Waals surface area contributed by atoms with Gasteiger partial charge in [-0.2, -0.15) is 0 Å². The van der Waals surface area contributed by atoms with E-state index in [0.717, 1.165) is 12.2 Å². The Hall–Kier alpha value is -0.890. The van der Waals surface area contributed by atoms with Crippen LogP contribution in [0.4, 0.5) is 0 Å². The van der Waals surface area contributed by atoms with Crippen molar-refractivity contribution >= 4 is 0 Å². The number of hydrogen-bond donors (Lipinski definition) is 1. The molecule has 78 valence electrons. The fraction of sp³-hybridized carbons (Fsp3) is 0.583. The minimum atomic E-state index is 0.597. The molecule has 1 aromatic rings. The molecule has 2 heteroatoms. The summed E-state index contributed by atoms with van der Waals surface area (Å²) in [5.41, 5.74) is 2.43. The van der Waals surface area contributed by atoms with Crippen LogP contribution in [0.25, 0.3) is 0 Å². The Morgan fingerprint density at radius 3 is 2.93 bits per heavy atom. The summed E-state index contributed by atoms with van der Waals surface area (Å²) >= 11 is 0. The van der Waals surface area contributed by atoms with Crippen molar-refractivity contribution in [3.05, 3.63) is 29.6 Å². The number of hydrogen-bond acceptors (Lipinski definition) is 2. The molecule has 1 N–H and O–H groups in total. The van der Waals surface area contributed by atoms with Crippen LogP contribution in [-0.2, 0) is 6.54 Å². The van der Waals surface area contributed by atoms with Gasteiger partial charge in [0.15, 0.2) is 0 Å². The molecule has 0 spiro atoms. The molecule has 0 bridgehead atoms. The Labute approximate surface area is 86.8 Å². The molecular formula is C12H20N2. The zero-order valence-corrected chi connectivity index (χ0v) is 9.38. The van der Waals surface area contributed by atoms with Crippen molar-refractivity contribution in [2.75, 3.05) is 0 Å². The summed E-state index contributed by atoms with van der Waals surface area (Å²) in [6.45, 7) is 7.44. The molecule has 0 fully saturated rings. The summed E-state index contributed by atoms with van der Waals surface area (Å²) in [4.78, 5) is 4.26. The summed E-state index contributed by atoms with van der Waals surface area (Å²) in [6, 6.07) is 4.72. The van der Waals surface area contributed by atoms with E-state index in [1.54, 1.807) is 0 Å². The van der Waals surface area contributed by atoms with E-state index < -0.39 is 0 Å². The minimum absolute atomic E-state index is 0.597. The van der Waals surface area contributed by atoms with E-state index in [-0.39, 0.29) is 0 Å². The zero-order chi connectivity index (χ0) is 10.4. The molecule has 1 unspecified atom stereocenters. The SMILES string of the molecule is CCCC(C)NCc1cccnc1C. The lowest BCUT2D eigenvalue weighted by Gasteiger charge is -2.13. The van der Waals surface area contributed by atoms with Crippen LogP contribution in [-0.4, -0.2) is 11.0 Å². The number of nitrogens with zero attached hydrogens (tertiary/aromatic N) is 1. The molecule has 0 aromatic carbocycles. The van der Waals surface area contributed by atoms with E-state index in [1.807, 2.05) is 12.3 Å². The van der Waals surface area contributed by atoms with Crippen molar-refractivity contribution in [2.45, 2.75) is 46.2 Å². The molecule has 0 radical (unpaired) electrons. The third kappa shape index (κ3) is 3.46. The van der Waals surface area contributed by atoms with E-state index in [4.69, 9.17) is 0 Å². The standard InChI is InChI=1S/C12H20N2/c1-4-6-10(2)14-9-12-7-5-8-13-11(12)3/h5,7-8,10,14H,4,6,9H2,1-3H3. The van der Waals surface area contributed by atoms with E-state index in [0.29, 0.717) is 6.04 Å². The molecule has 1 atom stereocenters. The molecule has 2 nitrogen and oxygen atoms in total. The average molecular weight is 192 g/mol. The second-order valence-electron chi connectivity index (χ2n) is 3.82. The van der Waals surface area contributed by atoms with Gasteiger partial charge in [-0.25, -0.2) is 0 Å². The highest BCUT2D eigenvalue weighted by molar-refractivity contribution is 5.17. The number of aromatic nitrogens is 1. The lowest BCUT2D eigenvalue weighted by Crippen LogP contribution is -2.25. The third-order valence-electron chi connectivity index (χ3n) is 2.48. The van der Waals surface area contributed by atoms with Crippen LogP contribution in [0.15, 0.2) is 18.3 Å². The van der Waals surface area contributed by atoms with Crippen LogP contribution in [0.5, 0.6) is 0 Å². The topological polar surface area (TPSA) is 24.9 Å². The Morgan fingerprint density at radius 2 is 2.29 bits per heavy atom. The predicted octanol–water partition coefficient (Wildman–Crippen LogP) is 2.67. The van der Waals surface area contributed by atoms with Crippen molar-refractivity contribution in [1.82, 2.24) is 10.3 Å². The van der Waals surface area contributed by atoms with Gasteiger partial charge < -0.3 is 5.32 Å². The lowest BCUT2D eigenvalue weighted by molar-refractivity contribution is 0.507. The molecule has 0 saturated carbocycles. The highest BCUT2D eigenvalue weighted by Crippen LogP contribution is 2.04. The molecule has 0 saturated heterocycles. The van der Waals surface area contributed by atoms with Crippen LogP contribution < -0.4 is 5.32 Å². The van der Waals surface area contributed by atoms with Crippen LogP contribution in [0.3, 0.4) is 0 Å². The predicted molar refractivity (Wildman–Crippen MR) is 60.2 cm³/mol. The molecule has 0 aliphatic heterocycles. The van der Waals surface area contributed by atoms with E-state index in [1.165, 1.54) is 18.4 Å². The summed E-state index contributed by atoms with van der Waals surface area (Å²) in [6.07, 6.45) is 4.31. The first-order valence-corrected chi connectivity index (χ1v) is 5.38. The molecule has 0 amide bonds. The van der Waals surface area contributed by atoms with Crippen LogP contribution in [0.2, 0.25) is 0 Å². The van der Waals surface area contributed by atoms with Crippen molar-refractivity contribution in [1.29, 1.82) is 0 Å². The monoisotopic (exact) mass is 192 g/mol. The number of rotatable bonds is 5. The first-order chi connectivity index (χ1) is 6.74. The van der Waals surface area contributed by atoms with Gasteiger partial charge in [-0.15, -0.1) is 0 Å². The molecule has 1 aromatic heterocycles. The average Bonchev–Trinajstić information content (AvgIpc) is 2.17. The zero-order valence-electron chi connectivity index (χ0n) is 9.38. The molecule has 14 heavy (non-hydrogen) atoms. The fourth-order valence-electron chi connectivity index (χ4n) is 1.52. The first-order valence-electron chi connectivity index (χ1n) is 5.38. The van der Waals surface area contributed by atoms with Crippen molar-refractivity contribution < 1.29 is 0 Å². The Bertz CT molecular complexity index is 271. The number of aryl methyl sites for hydroxylation is 1. The van der Waals surface area contributed by atoms with Crippen LogP contribution in [0.1, 0.15) is 37.9 Å². The summed E-state index contributed by atoms with van der Waals surface area (Å²) in [5, 5.41) is 3.50. The smallest absolute Gasteiger partial charge is 0.0417 e. The van der Waals surface area contributed by atoms with Gasteiger partial charge >= 0.3 is 0 Å². The van der Waals surface area contributed by atoms with Gasteiger partial charge in [-0.1, -0.05) is 19.4 Å². The summed E-state index contributed by atoms with van der Waals surface area (Å²) in [7, 11) is 0. The number of nitrogens with one attached hydrogen (secondary N) is 1. The maximum absolute atomic E-state index is 4.26. The van der Waals surface area contributed by atoms with Crippen molar-refractivity contribution in [2.24, 2.45) is 0 Å². The van der Waals surface area contributed by atoms with Crippen molar-refractivity contribution in [3.63, 3.8) is 0 Å². The summed E-state index contributed by atoms with van der Waals surface area (Å²) in [5.74, 6) is 0. The van der Waals surface area contributed by atoms with Gasteiger partial charge in [0.25, 0.3) is 0 Å². The fourth-order valence-corrected chi connectivity index (χ4v) is 1.52. The van der Waals surface area contributed by atoms with Crippen molar-refractivity contribution in [3.8, 4) is 0 Å². The second kappa shape index (κ2) is 5.76. The molecule has 1 heterocycles. The van der Waals surface area contributed by atoms with Gasteiger partial charge in [0, 0.05) is 24.5 Å². The highest BCUT2D eigenvalue weighted by atomic mass is 14.9. The van der Waals surface area contributed by atoms with Gasteiger partial charge in [-0.3, -0.25) is 4.98 Å². The highest BCUT2D eigenvalue weighted by Gasteiger charge is 2.01. The molecular weight excluding hydrogens is 172 g/mol. The normalized spacial score (nSPS) is 12.8. The summed E-state index contributed by atoms with van der Waals surface area (Å²) < 4.78 is 0.